The van der Waals surface area contributed by atoms with Crippen molar-refractivity contribution in [2.45, 2.75) is 13.8 Å². The van der Waals surface area contributed by atoms with Gasteiger partial charge >= 0.3 is 6.07 Å². The Kier molecular flexibility index (Phi) is 2.72. The van der Waals surface area contributed by atoms with Gasteiger partial charge in [0.2, 0.25) is 0 Å². The Morgan fingerprint density at radius 1 is 1.33 bits per heavy atom. The third-order valence-corrected chi connectivity index (χ3v) is 2.11. The van der Waals surface area contributed by atoms with Gasteiger partial charge in [0.15, 0.2) is 0 Å². The highest BCUT2D eigenvalue weighted by Gasteiger charge is 2.05. The molecule has 0 fully saturated rings. The first kappa shape index (κ1) is 9.08. The Balaban J connectivity index is 3.34. The van der Waals surface area contributed by atoms with Crippen LogP contribution >= 0.6 is 15.9 Å². The summed E-state index contributed by atoms with van der Waals surface area (Å²) in [7, 11) is 0. The first-order valence-corrected chi connectivity index (χ1v) is 4.29. The summed E-state index contributed by atoms with van der Waals surface area (Å²) in [5.74, 6) is 0. The summed E-state index contributed by atoms with van der Waals surface area (Å²) >= 11 is 3.36. The fourth-order valence-electron chi connectivity index (χ4n) is 1.13. The van der Waals surface area contributed by atoms with Gasteiger partial charge in [0.25, 0.3) is 0 Å². The molecule has 0 saturated carbocycles. The van der Waals surface area contributed by atoms with Crippen molar-refractivity contribution < 1.29 is 0 Å². The summed E-state index contributed by atoms with van der Waals surface area (Å²) in [6.07, 6.45) is 0. The number of nitrogens with zero attached hydrogens (tertiary/aromatic N) is 1. The lowest BCUT2D eigenvalue weighted by Crippen LogP contribution is -1.87. The van der Waals surface area contributed by atoms with Crippen molar-refractivity contribution in [3.63, 3.8) is 0 Å². The van der Waals surface area contributed by atoms with E-state index in [-0.39, 0.29) is 0 Å². The summed E-state index contributed by atoms with van der Waals surface area (Å²) in [5, 5.41) is 12.6. The van der Waals surface area contributed by atoms with Gasteiger partial charge in [-0.1, -0.05) is 15.9 Å². The van der Waals surface area contributed by atoms with E-state index in [1.54, 1.807) is 0 Å². The molecule has 0 aliphatic heterocycles. The van der Waals surface area contributed by atoms with Crippen molar-refractivity contribution in [1.82, 2.24) is 0 Å². The third-order valence-electron chi connectivity index (χ3n) is 1.65. The highest BCUT2D eigenvalue weighted by Crippen LogP contribution is 2.19. The van der Waals surface area contributed by atoms with E-state index in [0.29, 0.717) is 0 Å². The Morgan fingerprint density at radius 2 is 1.83 bits per heavy atom. The number of halogens is 1. The van der Waals surface area contributed by atoms with Crippen LogP contribution in [0.2, 0.25) is 0 Å². The van der Waals surface area contributed by atoms with E-state index in [4.69, 9.17) is 0 Å². The van der Waals surface area contributed by atoms with Gasteiger partial charge in [-0.15, -0.1) is 0 Å². The van der Waals surface area contributed by atoms with Crippen LogP contribution in [0.25, 0.3) is 5.01 Å². The zero-order valence-electron chi connectivity index (χ0n) is 6.89. The minimum Gasteiger partial charge on any atom is -0.498 e. The van der Waals surface area contributed by atoms with Gasteiger partial charge < -0.3 is 5.21 Å². The van der Waals surface area contributed by atoms with E-state index in [1.807, 2.05) is 26.0 Å². The molecule has 0 aliphatic carbocycles. The molecule has 1 rings (SSSR count). The molecule has 1 aromatic carbocycles. The fourth-order valence-corrected chi connectivity index (χ4v) is 1.82. The summed E-state index contributed by atoms with van der Waals surface area (Å²) < 4.78 is 1.01. The molecular formula is C9H8BrNO. The Hall–Kier alpha value is -1.01. The van der Waals surface area contributed by atoms with Gasteiger partial charge in [-0.2, -0.15) is 0 Å². The number of rotatable bonds is 0. The van der Waals surface area contributed by atoms with Crippen molar-refractivity contribution in [2.75, 3.05) is 0 Å². The van der Waals surface area contributed by atoms with E-state index >= 15 is 0 Å². The van der Waals surface area contributed by atoms with E-state index < -0.39 is 0 Å². The minimum absolute atomic E-state index is 0.785. The highest BCUT2D eigenvalue weighted by atomic mass is 79.9. The summed E-state index contributed by atoms with van der Waals surface area (Å²) in [6, 6.07) is 6.28. The molecule has 12 heavy (non-hydrogen) atoms. The molecule has 0 aromatic heterocycles. The second-order valence-electron chi connectivity index (χ2n) is 2.62. The number of benzene rings is 1. The molecule has 62 valence electrons. The molecule has 0 amide bonds. The molecule has 0 aliphatic rings. The summed E-state index contributed by atoms with van der Waals surface area (Å²) in [5.41, 5.74) is 2.79. The Bertz CT molecular complexity index is 340. The molecular weight excluding hydrogens is 218 g/mol. The lowest BCUT2D eigenvalue weighted by Gasteiger charge is -1.99. The van der Waals surface area contributed by atoms with Crippen LogP contribution in [0.5, 0.6) is 0 Å². The fraction of sp³-hybridized carbons (Fsp3) is 0.222. The number of aryl methyl sites for hydroxylation is 2. The van der Waals surface area contributed by atoms with Gasteiger partial charge in [-0.3, -0.25) is 0 Å². The lowest BCUT2D eigenvalue weighted by molar-refractivity contribution is 1.33. The van der Waals surface area contributed by atoms with E-state index in [0.717, 1.165) is 21.2 Å². The largest absolute Gasteiger partial charge is 0.498 e. The summed E-state index contributed by atoms with van der Waals surface area (Å²) in [6.45, 7) is 3.84. The quantitative estimate of drug-likeness (QED) is 0.624. The van der Waals surface area contributed by atoms with Crippen LogP contribution in [0.3, 0.4) is 0 Å². The lowest BCUT2D eigenvalue weighted by atomic mass is 10.0. The molecule has 0 atom stereocenters. The Labute approximate surface area is 79.7 Å². The van der Waals surface area contributed by atoms with Gasteiger partial charge in [0, 0.05) is 9.48 Å². The summed E-state index contributed by atoms with van der Waals surface area (Å²) in [4.78, 5) is 0. The molecule has 2 nitrogen and oxygen atoms in total. The van der Waals surface area contributed by atoms with Crippen molar-refractivity contribution in [2.24, 2.45) is 0 Å². The van der Waals surface area contributed by atoms with Crippen LogP contribution in [-0.4, -0.2) is 0 Å². The zero-order chi connectivity index (χ0) is 9.14. The number of hydrogen-bond donors (Lipinski definition) is 0. The minimum atomic E-state index is 0.785. The highest BCUT2D eigenvalue weighted by molar-refractivity contribution is 9.10. The van der Waals surface area contributed by atoms with E-state index in [1.165, 1.54) is 0 Å². The second kappa shape index (κ2) is 3.59. The van der Waals surface area contributed by atoms with Crippen molar-refractivity contribution >= 4 is 15.9 Å². The molecule has 0 saturated heterocycles. The normalized spacial score (nSPS) is 8.92. The van der Waals surface area contributed by atoms with Gasteiger partial charge in [-0.25, -0.2) is 0 Å². The maximum atomic E-state index is 9.99. The molecule has 0 radical (unpaired) electrons. The molecule has 0 unspecified atom stereocenters. The predicted molar refractivity (Wildman–Crippen MR) is 53.3 cm³/mol. The predicted octanol–water partition coefficient (Wildman–Crippen LogP) is 3.24. The van der Waals surface area contributed by atoms with E-state index in [9.17, 15) is 5.21 Å². The molecule has 0 spiro atoms. The SMILES string of the molecule is Cc1cc(Br)cc(C)c1C#[N+][O-]. The smallest absolute Gasteiger partial charge is 0.337 e. The number of hydrogen-bond acceptors (Lipinski definition) is 1. The molecule has 0 N–H and O–H groups in total. The molecule has 1 aromatic rings. The standard InChI is InChI=1S/C9H8BrNO/c1-6-3-8(10)4-7(2)9(6)5-11-12/h3-4H,1-2H3. The van der Waals surface area contributed by atoms with Crippen LogP contribution in [0.4, 0.5) is 0 Å². The monoisotopic (exact) mass is 225 g/mol. The average molecular weight is 226 g/mol. The average Bonchev–Trinajstić information content (AvgIpc) is 1.96. The molecule has 0 bridgehead atoms. The topological polar surface area (TPSA) is 27.4 Å². The zero-order valence-corrected chi connectivity index (χ0v) is 8.47. The maximum Gasteiger partial charge on any atom is 0.337 e. The van der Waals surface area contributed by atoms with Gasteiger partial charge in [0.1, 0.15) is 5.56 Å². The maximum absolute atomic E-state index is 9.99. The van der Waals surface area contributed by atoms with Crippen LogP contribution in [0.15, 0.2) is 16.6 Å². The van der Waals surface area contributed by atoms with Crippen molar-refractivity contribution in [3.8, 4) is 6.07 Å². The van der Waals surface area contributed by atoms with Crippen molar-refractivity contribution in [1.29, 1.82) is 0 Å². The van der Waals surface area contributed by atoms with Crippen LogP contribution in [0, 0.1) is 25.1 Å². The second-order valence-corrected chi connectivity index (χ2v) is 3.53. The van der Waals surface area contributed by atoms with Crippen LogP contribution in [0.1, 0.15) is 16.7 Å². The van der Waals surface area contributed by atoms with Crippen LogP contribution in [-0.2, 0) is 0 Å². The first-order valence-electron chi connectivity index (χ1n) is 3.50. The van der Waals surface area contributed by atoms with Crippen molar-refractivity contribution in [3.05, 3.63) is 43.5 Å². The van der Waals surface area contributed by atoms with Gasteiger partial charge in [-0.05, 0) is 37.1 Å². The first-order chi connectivity index (χ1) is 5.65. The van der Waals surface area contributed by atoms with E-state index in [2.05, 4.69) is 27.0 Å². The third kappa shape index (κ3) is 1.77. The van der Waals surface area contributed by atoms with Gasteiger partial charge in [0.05, 0.1) is 0 Å². The molecule has 3 heteroatoms. The Morgan fingerprint density at radius 3 is 2.25 bits per heavy atom. The van der Waals surface area contributed by atoms with Crippen LogP contribution < -0.4 is 0 Å². The molecule has 0 heterocycles.